The second-order valence-corrected chi connectivity index (χ2v) is 6.05. The predicted octanol–water partition coefficient (Wildman–Crippen LogP) is 4.34. The van der Waals surface area contributed by atoms with Crippen molar-refractivity contribution in [3.05, 3.63) is 64.7 Å². The summed E-state index contributed by atoms with van der Waals surface area (Å²) in [4.78, 5) is 12.3. The van der Waals surface area contributed by atoms with Crippen LogP contribution in [-0.4, -0.2) is 12.5 Å². The molecular weight excluding hydrogens is 389 g/mol. The first-order chi connectivity index (χ1) is 10.7. The van der Waals surface area contributed by atoms with Crippen molar-refractivity contribution in [2.24, 2.45) is 0 Å². The number of halogens is 1. The minimum atomic E-state index is -0.117. The predicted molar refractivity (Wildman–Crippen MR) is 97.4 cm³/mol. The number of hydrogen-bond acceptors (Lipinski definition) is 2. The number of benzene rings is 2. The number of nitrogens with one attached hydrogen (secondary N) is 1. The van der Waals surface area contributed by atoms with Gasteiger partial charge in [-0.05, 0) is 42.3 Å². The van der Waals surface area contributed by atoms with Gasteiger partial charge < -0.3 is 10.1 Å². The topological polar surface area (TPSA) is 38.3 Å². The van der Waals surface area contributed by atoms with E-state index in [0.717, 1.165) is 27.0 Å². The highest BCUT2D eigenvalue weighted by Gasteiger charge is 2.17. The van der Waals surface area contributed by atoms with E-state index in [1.54, 1.807) is 0 Å². The fraction of sp³-hybridized carbons (Fsp3) is 0.167. The molecule has 22 heavy (non-hydrogen) atoms. The van der Waals surface area contributed by atoms with E-state index in [0.29, 0.717) is 12.2 Å². The summed E-state index contributed by atoms with van der Waals surface area (Å²) in [6.45, 7) is 2.32. The first-order valence-electron chi connectivity index (χ1n) is 7.06. The third-order valence-corrected chi connectivity index (χ3v) is 4.42. The maximum Gasteiger partial charge on any atom is 0.255 e. The number of alkyl halides is 1. The van der Waals surface area contributed by atoms with Crippen LogP contribution >= 0.6 is 22.6 Å². The molecule has 0 saturated heterocycles. The summed E-state index contributed by atoms with van der Waals surface area (Å²) >= 11 is 2.32. The summed E-state index contributed by atoms with van der Waals surface area (Å²) in [5.74, 6) is 0.719. The highest BCUT2D eigenvalue weighted by molar-refractivity contribution is 14.1. The van der Waals surface area contributed by atoms with Crippen molar-refractivity contribution in [3.8, 4) is 5.75 Å². The number of hydrogen-bond donors (Lipinski definition) is 1. The third-order valence-electron chi connectivity index (χ3n) is 3.54. The van der Waals surface area contributed by atoms with Crippen molar-refractivity contribution >= 4 is 40.3 Å². The fourth-order valence-electron chi connectivity index (χ4n) is 2.29. The van der Waals surface area contributed by atoms with Gasteiger partial charge in [0.25, 0.3) is 5.91 Å². The van der Waals surface area contributed by atoms with Crippen LogP contribution in [0.1, 0.15) is 16.7 Å². The lowest BCUT2D eigenvalue weighted by Crippen LogP contribution is -2.21. The van der Waals surface area contributed by atoms with E-state index in [1.165, 1.54) is 5.56 Å². The molecule has 3 rings (SSSR count). The molecule has 4 heteroatoms. The van der Waals surface area contributed by atoms with Crippen LogP contribution in [0.4, 0.5) is 5.69 Å². The molecule has 0 unspecified atom stereocenters. The molecule has 0 fully saturated rings. The number of carbonyl (C=O) groups excluding carboxylic acids is 1. The van der Waals surface area contributed by atoms with Gasteiger partial charge in [-0.2, -0.15) is 0 Å². The van der Waals surface area contributed by atoms with Gasteiger partial charge >= 0.3 is 0 Å². The first-order valence-corrected chi connectivity index (χ1v) is 8.58. The maximum absolute atomic E-state index is 12.3. The van der Waals surface area contributed by atoms with E-state index < -0.39 is 0 Å². The number of anilines is 1. The van der Waals surface area contributed by atoms with Crippen LogP contribution in [0.5, 0.6) is 5.75 Å². The maximum atomic E-state index is 12.3. The zero-order valence-corrected chi connectivity index (χ0v) is 14.4. The molecule has 1 N–H and O–H groups in total. The van der Waals surface area contributed by atoms with E-state index in [2.05, 4.69) is 27.9 Å². The number of fused-ring (bicyclic) bond motifs is 1. The van der Waals surface area contributed by atoms with E-state index in [9.17, 15) is 4.79 Å². The minimum Gasteiger partial charge on any atom is -0.488 e. The number of ether oxygens (including phenoxy) is 1. The van der Waals surface area contributed by atoms with Crippen LogP contribution in [0.25, 0.3) is 6.08 Å². The van der Waals surface area contributed by atoms with Gasteiger partial charge in [-0.3, -0.25) is 4.79 Å². The smallest absolute Gasteiger partial charge is 0.255 e. The molecule has 1 aliphatic heterocycles. The van der Waals surface area contributed by atoms with E-state index in [-0.39, 0.29) is 5.91 Å². The highest BCUT2D eigenvalue weighted by Crippen LogP contribution is 2.27. The Labute approximate surface area is 143 Å². The monoisotopic (exact) mass is 405 g/mol. The lowest BCUT2D eigenvalue weighted by molar-refractivity contribution is -0.113. The van der Waals surface area contributed by atoms with Gasteiger partial charge in [-0.25, -0.2) is 0 Å². The summed E-state index contributed by atoms with van der Waals surface area (Å²) in [6, 6.07) is 13.9. The number of carbonyl (C=O) groups is 1. The number of rotatable bonds is 3. The van der Waals surface area contributed by atoms with Crippen LogP contribution in [0.2, 0.25) is 0 Å². The summed E-state index contributed by atoms with van der Waals surface area (Å²) < 4.78 is 6.64. The molecule has 0 spiro atoms. The van der Waals surface area contributed by atoms with Gasteiger partial charge in [0.2, 0.25) is 0 Å². The zero-order valence-electron chi connectivity index (χ0n) is 12.2. The van der Waals surface area contributed by atoms with Gasteiger partial charge in [0, 0.05) is 15.7 Å². The minimum absolute atomic E-state index is 0.117. The Morgan fingerprint density at radius 3 is 2.73 bits per heavy atom. The van der Waals surface area contributed by atoms with Crippen molar-refractivity contribution in [1.82, 2.24) is 0 Å². The molecule has 2 aromatic rings. The Balaban J connectivity index is 1.76. The molecule has 0 bridgehead atoms. The molecule has 0 aliphatic carbocycles. The van der Waals surface area contributed by atoms with Crippen molar-refractivity contribution < 1.29 is 9.53 Å². The fourth-order valence-corrected chi connectivity index (χ4v) is 2.80. The van der Waals surface area contributed by atoms with E-state index in [4.69, 9.17) is 4.74 Å². The summed E-state index contributed by atoms with van der Waals surface area (Å²) in [6.07, 6.45) is 1.90. The second kappa shape index (κ2) is 6.52. The average Bonchev–Trinajstić information content (AvgIpc) is 2.55. The second-order valence-electron chi connectivity index (χ2n) is 5.28. The van der Waals surface area contributed by atoms with Gasteiger partial charge in [0.05, 0.1) is 5.57 Å². The lowest BCUT2D eigenvalue weighted by Gasteiger charge is -2.18. The zero-order chi connectivity index (χ0) is 15.5. The summed E-state index contributed by atoms with van der Waals surface area (Å²) in [5, 5.41) is 2.92. The van der Waals surface area contributed by atoms with Crippen LogP contribution in [0.3, 0.4) is 0 Å². The molecule has 1 aliphatic rings. The Kier molecular flexibility index (Phi) is 4.47. The van der Waals surface area contributed by atoms with Crippen molar-refractivity contribution in [2.75, 3.05) is 11.9 Å². The first kappa shape index (κ1) is 15.1. The van der Waals surface area contributed by atoms with Crippen LogP contribution in [0.15, 0.2) is 48.0 Å². The van der Waals surface area contributed by atoms with Crippen LogP contribution in [-0.2, 0) is 9.22 Å². The molecule has 112 valence electrons. The van der Waals surface area contributed by atoms with Gasteiger partial charge in [-0.15, -0.1) is 0 Å². The average molecular weight is 405 g/mol. The van der Waals surface area contributed by atoms with Crippen molar-refractivity contribution in [1.29, 1.82) is 0 Å². The van der Waals surface area contributed by atoms with Gasteiger partial charge in [-0.1, -0.05) is 46.9 Å². The highest BCUT2D eigenvalue weighted by atomic mass is 127. The molecule has 2 aromatic carbocycles. The molecule has 0 aromatic heterocycles. The Bertz CT molecular complexity index is 735. The summed E-state index contributed by atoms with van der Waals surface area (Å²) in [5.41, 5.74) is 4.77. The Hall–Kier alpha value is -1.82. The molecule has 1 amide bonds. The van der Waals surface area contributed by atoms with Crippen molar-refractivity contribution in [2.45, 2.75) is 11.4 Å². The lowest BCUT2D eigenvalue weighted by atomic mass is 10.0. The van der Waals surface area contributed by atoms with Crippen LogP contribution in [0, 0.1) is 6.92 Å². The van der Waals surface area contributed by atoms with Crippen molar-refractivity contribution in [3.63, 3.8) is 0 Å². The Morgan fingerprint density at radius 2 is 2.00 bits per heavy atom. The van der Waals surface area contributed by atoms with E-state index >= 15 is 0 Å². The summed E-state index contributed by atoms with van der Waals surface area (Å²) in [7, 11) is 0. The molecule has 1 heterocycles. The quantitative estimate of drug-likeness (QED) is 0.610. The third kappa shape index (κ3) is 3.32. The largest absolute Gasteiger partial charge is 0.488 e. The SMILES string of the molecule is Cc1ccc2c(c1)OCC(C(=O)Nc1ccc(CI)cc1)=C2. The number of aryl methyl sites for hydroxylation is 1. The molecule has 0 radical (unpaired) electrons. The normalized spacial score (nSPS) is 12.9. The molecule has 3 nitrogen and oxygen atoms in total. The van der Waals surface area contributed by atoms with Crippen LogP contribution < -0.4 is 10.1 Å². The molecule has 0 saturated carbocycles. The number of amides is 1. The van der Waals surface area contributed by atoms with E-state index in [1.807, 2.05) is 55.5 Å². The van der Waals surface area contributed by atoms with Gasteiger partial charge in [0.1, 0.15) is 12.4 Å². The molecule has 0 atom stereocenters. The Morgan fingerprint density at radius 1 is 1.23 bits per heavy atom. The van der Waals surface area contributed by atoms with Gasteiger partial charge in [0.15, 0.2) is 0 Å². The molecular formula is C18H16INO2. The standard InChI is InChI=1S/C18H16INO2/c1-12-2-5-14-9-15(11-22-17(14)8-12)18(21)20-16-6-3-13(10-19)4-7-16/h2-9H,10-11H2,1H3,(H,20,21).